The van der Waals surface area contributed by atoms with Gasteiger partial charge < -0.3 is 5.32 Å². The van der Waals surface area contributed by atoms with Crippen LogP contribution in [0.3, 0.4) is 0 Å². The molecule has 0 aromatic heterocycles. The largest absolute Gasteiger partial charge is 0.352 e. The van der Waals surface area contributed by atoms with Gasteiger partial charge in [-0.15, -0.1) is 0 Å². The fraction of sp³-hybridized carbons (Fsp3) is 0.500. The smallest absolute Gasteiger partial charge is 0.274 e. The van der Waals surface area contributed by atoms with E-state index in [4.69, 9.17) is 4.55 Å². The van der Waals surface area contributed by atoms with Crippen LogP contribution in [-0.2, 0) is 21.5 Å². The van der Waals surface area contributed by atoms with E-state index in [1.807, 2.05) is 18.2 Å². The highest BCUT2D eigenvalue weighted by Gasteiger charge is 2.22. The Kier molecular flexibility index (Phi) is 5.33. The van der Waals surface area contributed by atoms with Crippen LogP contribution >= 0.6 is 0 Å². The monoisotopic (exact) mass is 312 g/mol. The van der Waals surface area contributed by atoms with E-state index in [0.717, 1.165) is 32.5 Å². The summed E-state index contributed by atoms with van der Waals surface area (Å²) in [7, 11) is -4.25. The Balaban J connectivity index is 1.74. The standard InChI is InChI=1S/C14H20N2O4S/c17-14(11-21(18,19)20)15-13-6-8-16(9-7-13)10-12-4-2-1-3-5-12/h1-5,13H,6-11H2,(H,15,17)(H,18,19,20). The van der Waals surface area contributed by atoms with Crippen molar-refractivity contribution in [3.05, 3.63) is 35.9 Å². The van der Waals surface area contributed by atoms with Gasteiger partial charge in [0.1, 0.15) is 0 Å². The van der Waals surface area contributed by atoms with Gasteiger partial charge in [0.05, 0.1) is 0 Å². The highest BCUT2D eigenvalue weighted by Crippen LogP contribution is 2.13. The van der Waals surface area contributed by atoms with Crippen molar-refractivity contribution in [2.24, 2.45) is 0 Å². The summed E-state index contributed by atoms with van der Waals surface area (Å²) in [6, 6.07) is 10.2. The Bertz CT molecular complexity index is 566. The highest BCUT2D eigenvalue weighted by atomic mass is 32.2. The van der Waals surface area contributed by atoms with Crippen LogP contribution in [0.1, 0.15) is 18.4 Å². The maximum atomic E-state index is 11.4. The van der Waals surface area contributed by atoms with E-state index in [-0.39, 0.29) is 6.04 Å². The number of hydrogen-bond acceptors (Lipinski definition) is 4. The summed E-state index contributed by atoms with van der Waals surface area (Å²) in [5.41, 5.74) is 1.26. The van der Waals surface area contributed by atoms with E-state index in [2.05, 4.69) is 22.3 Å². The van der Waals surface area contributed by atoms with E-state index in [9.17, 15) is 13.2 Å². The minimum atomic E-state index is -4.25. The molecular weight excluding hydrogens is 292 g/mol. The number of piperidine rings is 1. The van der Waals surface area contributed by atoms with E-state index in [1.54, 1.807) is 0 Å². The predicted molar refractivity (Wildman–Crippen MR) is 79.3 cm³/mol. The molecule has 1 fully saturated rings. The minimum Gasteiger partial charge on any atom is -0.352 e. The fourth-order valence-corrected chi connectivity index (χ4v) is 2.93. The third-order valence-corrected chi connectivity index (χ3v) is 4.14. The summed E-state index contributed by atoms with van der Waals surface area (Å²) < 4.78 is 29.9. The Labute approximate surface area is 124 Å². The molecule has 21 heavy (non-hydrogen) atoms. The summed E-state index contributed by atoms with van der Waals surface area (Å²) in [6.45, 7) is 2.59. The summed E-state index contributed by atoms with van der Waals surface area (Å²) >= 11 is 0. The Hall–Kier alpha value is -1.44. The van der Waals surface area contributed by atoms with E-state index >= 15 is 0 Å². The van der Waals surface area contributed by atoms with Crippen LogP contribution in [0, 0.1) is 0 Å². The van der Waals surface area contributed by atoms with Crippen molar-refractivity contribution in [1.29, 1.82) is 0 Å². The molecule has 0 radical (unpaired) electrons. The van der Waals surface area contributed by atoms with Gasteiger partial charge in [0.15, 0.2) is 5.75 Å². The maximum absolute atomic E-state index is 11.4. The van der Waals surface area contributed by atoms with E-state index in [0.29, 0.717) is 0 Å². The number of amides is 1. The first-order valence-corrected chi connectivity index (χ1v) is 8.54. The average Bonchev–Trinajstić information content (AvgIpc) is 2.40. The van der Waals surface area contributed by atoms with Gasteiger partial charge >= 0.3 is 0 Å². The average molecular weight is 312 g/mol. The number of nitrogens with zero attached hydrogens (tertiary/aromatic N) is 1. The predicted octanol–water partition coefficient (Wildman–Crippen LogP) is 0.655. The first-order valence-electron chi connectivity index (χ1n) is 6.93. The molecule has 1 aromatic carbocycles. The highest BCUT2D eigenvalue weighted by molar-refractivity contribution is 7.86. The van der Waals surface area contributed by atoms with Crippen LogP contribution in [0.2, 0.25) is 0 Å². The van der Waals surface area contributed by atoms with Gasteiger partial charge in [0, 0.05) is 25.7 Å². The molecule has 1 aliphatic heterocycles. The lowest BCUT2D eigenvalue weighted by Crippen LogP contribution is -2.45. The third kappa shape index (κ3) is 5.82. The second kappa shape index (κ2) is 7.02. The molecule has 2 N–H and O–H groups in total. The van der Waals surface area contributed by atoms with Crippen LogP contribution in [0.5, 0.6) is 0 Å². The number of hydrogen-bond donors (Lipinski definition) is 2. The molecule has 116 valence electrons. The van der Waals surface area contributed by atoms with E-state index in [1.165, 1.54) is 5.56 Å². The summed E-state index contributed by atoms with van der Waals surface area (Å²) in [6.07, 6.45) is 1.56. The molecular formula is C14H20N2O4S. The molecule has 0 aliphatic carbocycles. The zero-order chi connectivity index (χ0) is 15.3. The van der Waals surface area contributed by atoms with Gasteiger partial charge in [0.2, 0.25) is 5.91 Å². The lowest BCUT2D eigenvalue weighted by molar-refractivity contribution is -0.119. The number of rotatable bonds is 5. The first-order chi connectivity index (χ1) is 9.92. The second-order valence-corrected chi connectivity index (χ2v) is 6.78. The van der Waals surface area contributed by atoms with Crippen molar-refractivity contribution >= 4 is 16.0 Å². The Morgan fingerprint density at radius 2 is 1.86 bits per heavy atom. The molecule has 7 heteroatoms. The number of nitrogens with one attached hydrogen (secondary N) is 1. The first kappa shape index (κ1) is 15.9. The van der Waals surface area contributed by atoms with Crippen molar-refractivity contribution in [2.45, 2.75) is 25.4 Å². The van der Waals surface area contributed by atoms with Gasteiger partial charge in [-0.1, -0.05) is 30.3 Å². The summed E-state index contributed by atoms with van der Waals surface area (Å²) in [5, 5.41) is 2.66. The van der Waals surface area contributed by atoms with Crippen LogP contribution in [0.15, 0.2) is 30.3 Å². The minimum absolute atomic E-state index is 0.0220. The van der Waals surface area contributed by atoms with Crippen molar-refractivity contribution < 1.29 is 17.8 Å². The SMILES string of the molecule is O=C(CS(=O)(=O)O)NC1CCN(Cc2ccccc2)CC1. The molecule has 1 amide bonds. The van der Waals surface area contributed by atoms with Gasteiger partial charge in [-0.3, -0.25) is 14.2 Å². The Morgan fingerprint density at radius 1 is 1.24 bits per heavy atom. The topological polar surface area (TPSA) is 86.7 Å². The summed E-state index contributed by atoms with van der Waals surface area (Å²) in [5.74, 6) is -1.50. The Morgan fingerprint density at radius 3 is 2.43 bits per heavy atom. The lowest BCUT2D eigenvalue weighted by atomic mass is 10.0. The van der Waals surface area contributed by atoms with Crippen LogP contribution in [0.4, 0.5) is 0 Å². The molecule has 0 bridgehead atoms. The van der Waals surface area contributed by atoms with Crippen LogP contribution in [0.25, 0.3) is 0 Å². The molecule has 1 heterocycles. The molecule has 0 saturated carbocycles. The normalized spacial score (nSPS) is 17.6. The molecule has 0 unspecified atom stereocenters. The van der Waals surface area contributed by atoms with Gasteiger partial charge in [0.25, 0.3) is 10.1 Å². The van der Waals surface area contributed by atoms with Gasteiger partial charge in [-0.2, -0.15) is 8.42 Å². The zero-order valence-electron chi connectivity index (χ0n) is 11.7. The molecule has 1 aliphatic rings. The molecule has 1 saturated heterocycles. The molecule has 0 spiro atoms. The molecule has 6 nitrogen and oxygen atoms in total. The molecule has 1 aromatic rings. The van der Waals surface area contributed by atoms with Gasteiger partial charge in [-0.25, -0.2) is 0 Å². The fourth-order valence-electron chi connectivity index (χ4n) is 2.51. The molecule has 2 rings (SSSR count). The molecule has 0 atom stereocenters. The van der Waals surface area contributed by atoms with Crippen LogP contribution < -0.4 is 5.32 Å². The van der Waals surface area contributed by atoms with Gasteiger partial charge in [-0.05, 0) is 18.4 Å². The van der Waals surface area contributed by atoms with Crippen molar-refractivity contribution in [2.75, 3.05) is 18.8 Å². The zero-order valence-corrected chi connectivity index (χ0v) is 12.6. The number of carbonyl (C=O) groups is 1. The van der Waals surface area contributed by atoms with E-state index < -0.39 is 21.8 Å². The summed E-state index contributed by atoms with van der Waals surface area (Å²) in [4.78, 5) is 13.7. The van der Waals surface area contributed by atoms with Crippen molar-refractivity contribution in [3.8, 4) is 0 Å². The second-order valence-electron chi connectivity index (χ2n) is 5.33. The lowest BCUT2D eigenvalue weighted by Gasteiger charge is -2.32. The van der Waals surface area contributed by atoms with Crippen molar-refractivity contribution in [3.63, 3.8) is 0 Å². The number of carbonyl (C=O) groups excluding carboxylic acids is 1. The number of benzene rings is 1. The van der Waals surface area contributed by atoms with Crippen LogP contribution in [-0.4, -0.2) is 48.7 Å². The van der Waals surface area contributed by atoms with Crippen molar-refractivity contribution in [1.82, 2.24) is 10.2 Å². The third-order valence-electron chi connectivity index (χ3n) is 3.52. The quantitative estimate of drug-likeness (QED) is 0.780. The maximum Gasteiger partial charge on any atom is 0.274 e. The number of likely N-dealkylation sites (tertiary alicyclic amines) is 1.